The highest BCUT2D eigenvalue weighted by Crippen LogP contribution is 1.98. The van der Waals surface area contributed by atoms with E-state index in [1.807, 2.05) is 0 Å². The molecule has 0 aliphatic heterocycles. The van der Waals surface area contributed by atoms with Gasteiger partial charge in [-0.25, -0.2) is 4.98 Å². The van der Waals surface area contributed by atoms with Crippen LogP contribution in [0.5, 0.6) is 0 Å². The molecule has 0 fully saturated rings. The monoisotopic (exact) mass is 212 g/mol. The summed E-state index contributed by atoms with van der Waals surface area (Å²) in [6.07, 6.45) is 0. The van der Waals surface area contributed by atoms with Crippen LogP contribution in [-0.2, 0) is 6.54 Å². The SMILES string of the molecule is Cl.NCc1nc(Br)n[nH]1. The van der Waals surface area contributed by atoms with Crippen LogP contribution in [0, 0.1) is 0 Å². The van der Waals surface area contributed by atoms with E-state index in [2.05, 4.69) is 31.1 Å². The fourth-order valence-corrected chi connectivity index (χ4v) is 0.666. The average Bonchev–Trinajstić information content (AvgIpc) is 2.14. The van der Waals surface area contributed by atoms with Crippen LogP contribution in [0.15, 0.2) is 4.73 Å². The third-order valence-corrected chi connectivity index (χ3v) is 1.05. The Bertz CT molecular complexity index is 176. The van der Waals surface area contributed by atoms with Gasteiger partial charge in [-0.3, -0.25) is 5.10 Å². The van der Waals surface area contributed by atoms with Gasteiger partial charge in [0.25, 0.3) is 0 Å². The van der Waals surface area contributed by atoms with E-state index in [1.54, 1.807) is 0 Å². The van der Waals surface area contributed by atoms with Crippen molar-refractivity contribution in [3.8, 4) is 0 Å². The molecule has 3 N–H and O–H groups in total. The van der Waals surface area contributed by atoms with Gasteiger partial charge in [0.2, 0.25) is 4.73 Å². The maximum atomic E-state index is 5.21. The Balaban J connectivity index is 0.000000640. The first-order valence-corrected chi connectivity index (χ1v) is 2.89. The van der Waals surface area contributed by atoms with Crippen LogP contribution in [-0.4, -0.2) is 15.2 Å². The molecular formula is C3H6BrClN4. The van der Waals surface area contributed by atoms with E-state index in [9.17, 15) is 0 Å². The molecule has 0 atom stereocenters. The van der Waals surface area contributed by atoms with Crippen LogP contribution >= 0.6 is 28.3 Å². The minimum absolute atomic E-state index is 0. The topological polar surface area (TPSA) is 67.6 Å². The molecule has 0 aromatic carbocycles. The van der Waals surface area contributed by atoms with Crippen LogP contribution in [0.4, 0.5) is 0 Å². The van der Waals surface area contributed by atoms with Crippen molar-refractivity contribution < 1.29 is 0 Å². The van der Waals surface area contributed by atoms with Gasteiger partial charge in [0.15, 0.2) is 0 Å². The van der Waals surface area contributed by atoms with Crippen molar-refractivity contribution in [1.82, 2.24) is 15.2 Å². The Kier molecular flexibility index (Phi) is 3.76. The number of nitrogens with one attached hydrogen (secondary N) is 1. The Morgan fingerprint density at radius 1 is 1.67 bits per heavy atom. The summed E-state index contributed by atoms with van der Waals surface area (Å²) in [5, 5.41) is 6.31. The van der Waals surface area contributed by atoms with Crippen LogP contribution in [0.25, 0.3) is 0 Å². The number of halogens is 2. The summed E-state index contributed by atoms with van der Waals surface area (Å²) in [4.78, 5) is 3.85. The molecule has 0 aliphatic carbocycles. The molecule has 0 saturated heterocycles. The Hall–Kier alpha value is -0.130. The van der Waals surface area contributed by atoms with Gasteiger partial charge in [0.1, 0.15) is 5.82 Å². The molecule has 1 heterocycles. The normalized spacial score (nSPS) is 8.67. The predicted octanol–water partition coefficient (Wildman–Crippen LogP) is 0.448. The third kappa shape index (κ3) is 2.30. The fraction of sp³-hybridized carbons (Fsp3) is 0.333. The molecule has 1 aromatic rings. The molecule has 0 spiro atoms. The minimum atomic E-state index is 0. The summed E-state index contributed by atoms with van der Waals surface area (Å²) >= 11 is 3.06. The highest BCUT2D eigenvalue weighted by atomic mass is 79.9. The fourth-order valence-electron chi connectivity index (χ4n) is 0.363. The van der Waals surface area contributed by atoms with Gasteiger partial charge in [-0.15, -0.1) is 17.5 Å². The summed E-state index contributed by atoms with van der Waals surface area (Å²) < 4.78 is 0.554. The lowest BCUT2D eigenvalue weighted by Gasteiger charge is -1.78. The van der Waals surface area contributed by atoms with E-state index in [-0.39, 0.29) is 12.4 Å². The average molecular weight is 213 g/mol. The molecular weight excluding hydrogens is 207 g/mol. The highest BCUT2D eigenvalue weighted by molar-refractivity contribution is 9.10. The van der Waals surface area contributed by atoms with E-state index in [1.165, 1.54) is 0 Å². The number of nitrogens with two attached hydrogens (primary N) is 1. The van der Waals surface area contributed by atoms with Crippen molar-refractivity contribution in [2.45, 2.75) is 6.54 Å². The lowest BCUT2D eigenvalue weighted by molar-refractivity contribution is 0.917. The van der Waals surface area contributed by atoms with Crippen LogP contribution < -0.4 is 5.73 Å². The second-order valence-corrected chi connectivity index (χ2v) is 1.96. The molecule has 0 bridgehead atoms. The second-order valence-electron chi connectivity index (χ2n) is 1.26. The molecule has 0 unspecified atom stereocenters. The van der Waals surface area contributed by atoms with Gasteiger partial charge in [0.05, 0.1) is 6.54 Å². The maximum Gasteiger partial charge on any atom is 0.217 e. The van der Waals surface area contributed by atoms with Crippen molar-refractivity contribution in [1.29, 1.82) is 0 Å². The lowest BCUT2D eigenvalue weighted by atomic mass is 10.6. The smallest absolute Gasteiger partial charge is 0.217 e. The first-order chi connectivity index (χ1) is 3.83. The highest BCUT2D eigenvalue weighted by Gasteiger charge is 1.93. The largest absolute Gasteiger partial charge is 0.324 e. The van der Waals surface area contributed by atoms with Crippen molar-refractivity contribution in [3.63, 3.8) is 0 Å². The van der Waals surface area contributed by atoms with E-state index in [0.29, 0.717) is 17.1 Å². The summed E-state index contributed by atoms with van der Waals surface area (Å²) in [5.74, 6) is 0.692. The Morgan fingerprint density at radius 2 is 2.33 bits per heavy atom. The molecule has 52 valence electrons. The molecule has 0 amide bonds. The molecule has 1 aromatic heterocycles. The molecule has 4 nitrogen and oxygen atoms in total. The Morgan fingerprint density at radius 3 is 2.56 bits per heavy atom. The quantitative estimate of drug-likeness (QED) is 0.712. The maximum absolute atomic E-state index is 5.21. The van der Waals surface area contributed by atoms with Gasteiger partial charge < -0.3 is 5.73 Å². The van der Waals surface area contributed by atoms with E-state index < -0.39 is 0 Å². The van der Waals surface area contributed by atoms with Crippen molar-refractivity contribution in [2.24, 2.45) is 5.73 Å². The number of hydrogen-bond donors (Lipinski definition) is 2. The zero-order valence-electron chi connectivity index (χ0n) is 4.47. The van der Waals surface area contributed by atoms with Crippen LogP contribution in [0.1, 0.15) is 5.82 Å². The van der Waals surface area contributed by atoms with Crippen molar-refractivity contribution in [3.05, 3.63) is 10.6 Å². The summed E-state index contributed by atoms with van der Waals surface area (Å²) in [5.41, 5.74) is 5.21. The molecule has 0 saturated carbocycles. The number of aromatic nitrogens is 3. The third-order valence-electron chi connectivity index (χ3n) is 0.698. The standard InChI is InChI=1S/C3H5BrN4.ClH/c4-3-6-2(1-5)7-8-3;/h1,5H2,(H,6,7,8);1H. The zero-order valence-corrected chi connectivity index (χ0v) is 6.87. The first kappa shape index (κ1) is 8.87. The van der Waals surface area contributed by atoms with Gasteiger partial charge in [-0.05, 0) is 15.9 Å². The van der Waals surface area contributed by atoms with Crippen molar-refractivity contribution in [2.75, 3.05) is 0 Å². The molecule has 1 rings (SSSR count). The van der Waals surface area contributed by atoms with E-state index in [0.717, 1.165) is 0 Å². The van der Waals surface area contributed by atoms with Crippen LogP contribution in [0.3, 0.4) is 0 Å². The first-order valence-electron chi connectivity index (χ1n) is 2.10. The number of nitrogens with zero attached hydrogens (tertiary/aromatic N) is 2. The van der Waals surface area contributed by atoms with Crippen LogP contribution in [0.2, 0.25) is 0 Å². The zero-order chi connectivity index (χ0) is 5.98. The van der Waals surface area contributed by atoms with E-state index >= 15 is 0 Å². The second kappa shape index (κ2) is 3.81. The van der Waals surface area contributed by atoms with E-state index in [4.69, 9.17) is 5.73 Å². The van der Waals surface area contributed by atoms with Gasteiger partial charge in [-0.2, -0.15) is 0 Å². The lowest BCUT2D eigenvalue weighted by Crippen LogP contribution is -1.97. The molecule has 9 heavy (non-hydrogen) atoms. The predicted molar refractivity (Wildman–Crippen MR) is 39.2 cm³/mol. The van der Waals surface area contributed by atoms with Gasteiger partial charge in [-0.1, -0.05) is 0 Å². The Labute approximate surface area is 66.8 Å². The summed E-state index contributed by atoms with van der Waals surface area (Å²) in [6.45, 7) is 0.401. The molecule has 0 radical (unpaired) electrons. The number of H-pyrrole nitrogens is 1. The minimum Gasteiger partial charge on any atom is -0.324 e. The number of hydrogen-bond acceptors (Lipinski definition) is 3. The number of aromatic amines is 1. The van der Waals surface area contributed by atoms with Gasteiger partial charge in [0, 0.05) is 0 Å². The molecule has 0 aliphatic rings. The summed E-state index contributed by atoms with van der Waals surface area (Å²) in [6, 6.07) is 0. The molecule has 6 heteroatoms. The van der Waals surface area contributed by atoms with Crippen molar-refractivity contribution >= 4 is 28.3 Å². The number of rotatable bonds is 1. The van der Waals surface area contributed by atoms with Gasteiger partial charge >= 0.3 is 0 Å². The summed E-state index contributed by atoms with van der Waals surface area (Å²) in [7, 11) is 0.